The Morgan fingerprint density at radius 2 is 1.77 bits per heavy atom. The summed E-state index contributed by atoms with van der Waals surface area (Å²) in [5, 5.41) is 5.58. The van der Waals surface area contributed by atoms with Crippen LogP contribution in [-0.4, -0.2) is 97.2 Å². The Morgan fingerprint density at radius 3 is 2.46 bits per heavy atom. The third-order valence-electron chi connectivity index (χ3n) is 7.38. The molecule has 3 saturated heterocycles. The highest BCUT2D eigenvalue weighted by Gasteiger charge is 2.48. The van der Waals surface area contributed by atoms with E-state index in [1.165, 1.54) is 16.1 Å². The Bertz CT molecular complexity index is 1180. The van der Waals surface area contributed by atoms with Crippen LogP contribution in [-0.2, 0) is 33.9 Å². The molecule has 3 aliphatic rings. The first-order chi connectivity index (χ1) is 18.6. The van der Waals surface area contributed by atoms with Crippen LogP contribution >= 0.6 is 0 Å². The van der Waals surface area contributed by atoms with Gasteiger partial charge in [0.25, 0.3) is 5.91 Å². The Morgan fingerprint density at radius 1 is 1.05 bits per heavy atom. The van der Waals surface area contributed by atoms with Crippen LogP contribution in [0.4, 0.5) is 0 Å². The molecule has 214 valence electrons. The third kappa shape index (κ3) is 6.59. The van der Waals surface area contributed by atoms with Gasteiger partial charge in [-0.2, -0.15) is 4.31 Å². The summed E-state index contributed by atoms with van der Waals surface area (Å²) in [6.07, 6.45) is 1.18. The van der Waals surface area contributed by atoms with Gasteiger partial charge in [-0.05, 0) is 38.8 Å². The first-order valence-corrected chi connectivity index (χ1v) is 15.0. The van der Waals surface area contributed by atoms with E-state index in [0.717, 1.165) is 0 Å². The minimum atomic E-state index is -3.66. The fourth-order valence-electron chi connectivity index (χ4n) is 5.36. The van der Waals surface area contributed by atoms with Gasteiger partial charge in [-0.25, -0.2) is 8.42 Å². The van der Waals surface area contributed by atoms with Gasteiger partial charge < -0.3 is 25.0 Å². The number of fused-ring (bicyclic) bond motifs is 1. The van der Waals surface area contributed by atoms with Gasteiger partial charge in [-0.3, -0.25) is 19.2 Å². The van der Waals surface area contributed by atoms with Crippen LogP contribution in [0.25, 0.3) is 0 Å². The summed E-state index contributed by atoms with van der Waals surface area (Å²) in [6.45, 7) is 3.35. The first kappa shape index (κ1) is 29.0. The molecule has 2 unspecified atom stereocenters. The summed E-state index contributed by atoms with van der Waals surface area (Å²) in [6, 6.07) is 5.17. The Kier molecular flexibility index (Phi) is 9.23. The third-order valence-corrected chi connectivity index (χ3v) is 9.19. The van der Waals surface area contributed by atoms with E-state index in [1.54, 1.807) is 37.3 Å². The standard InChI is InChI=1S/C26H36N4O8S/c1-3-37-26-20(14-22(31)38-26)28-24(33)21-16-29(39(35,36)4-2)15-18-12-8-9-13-19(25(34)30(18)21)27-23(32)17-10-6-5-7-11-17/h5-7,10-11,18-21,26H,3-4,8-9,12-16H2,1-2H3,(H,27,32)(H,28,33)/t18-,19-,20?,21-,26?/m0/s1. The second kappa shape index (κ2) is 12.4. The highest BCUT2D eigenvalue weighted by Crippen LogP contribution is 2.28. The molecule has 3 amide bonds. The fourth-order valence-corrected chi connectivity index (χ4v) is 6.49. The molecule has 2 N–H and O–H groups in total. The highest BCUT2D eigenvalue weighted by molar-refractivity contribution is 7.89. The predicted octanol–water partition coefficient (Wildman–Crippen LogP) is 0.384. The maximum absolute atomic E-state index is 14.0. The highest BCUT2D eigenvalue weighted by atomic mass is 32.2. The normalized spacial score (nSPS) is 28.2. The van der Waals surface area contributed by atoms with E-state index in [2.05, 4.69) is 10.6 Å². The number of sulfonamides is 1. The van der Waals surface area contributed by atoms with E-state index in [9.17, 15) is 27.6 Å². The lowest BCUT2D eigenvalue weighted by atomic mass is 9.94. The lowest BCUT2D eigenvalue weighted by molar-refractivity contribution is -0.165. The van der Waals surface area contributed by atoms with Crippen molar-refractivity contribution < 1.29 is 37.1 Å². The summed E-state index contributed by atoms with van der Waals surface area (Å²) in [5.41, 5.74) is 0.407. The van der Waals surface area contributed by atoms with Gasteiger partial charge >= 0.3 is 5.97 Å². The van der Waals surface area contributed by atoms with Crippen molar-refractivity contribution in [2.75, 3.05) is 25.4 Å². The Hall–Kier alpha value is -3.03. The topological polar surface area (TPSA) is 151 Å². The average molecular weight is 565 g/mol. The van der Waals surface area contributed by atoms with Gasteiger partial charge in [0.15, 0.2) is 0 Å². The fraction of sp³-hybridized carbons (Fsp3) is 0.615. The van der Waals surface area contributed by atoms with Gasteiger partial charge in [0.05, 0.1) is 12.2 Å². The Labute approximate surface area is 228 Å². The smallest absolute Gasteiger partial charge is 0.310 e. The molecule has 0 aromatic heterocycles. The second-order valence-electron chi connectivity index (χ2n) is 9.94. The lowest BCUT2D eigenvalue weighted by Crippen LogP contribution is -2.69. The molecule has 39 heavy (non-hydrogen) atoms. The molecule has 0 radical (unpaired) electrons. The van der Waals surface area contributed by atoms with Gasteiger partial charge in [0.1, 0.15) is 18.1 Å². The van der Waals surface area contributed by atoms with E-state index in [4.69, 9.17) is 9.47 Å². The van der Waals surface area contributed by atoms with E-state index in [1.807, 2.05) is 0 Å². The van der Waals surface area contributed by atoms with Crippen molar-refractivity contribution in [3.8, 4) is 0 Å². The zero-order valence-electron chi connectivity index (χ0n) is 22.2. The molecule has 3 fully saturated rings. The second-order valence-corrected chi connectivity index (χ2v) is 12.2. The number of piperazine rings is 1. The number of nitrogens with one attached hydrogen (secondary N) is 2. The maximum Gasteiger partial charge on any atom is 0.310 e. The number of benzene rings is 1. The molecule has 13 heteroatoms. The van der Waals surface area contributed by atoms with Crippen LogP contribution in [0.15, 0.2) is 30.3 Å². The predicted molar refractivity (Wildman–Crippen MR) is 140 cm³/mol. The van der Waals surface area contributed by atoms with Gasteiger partial charge in [-0.15, -0.1) is 0 Å². The number of amides is 3. The molecular weight excluding hydrogens is 528 g/mol. The van der Waals surface area contributed by atoms with Gasteiger partial charge in [-0.1, -0.05) is 31.0 Å². The van der Waals surface area contributed by atoms with Crippen LogP contribution in [0.5, 0.6) is 0 Å². The number of carbonyl (C=O) groups is 4. The van der Waals surface area contributed by atoms with Crippen molar-refractivity contribution in [2.45, 2.75) is 76.4 Å². The minimum Gasteiger partial charge on any atom is -0.433 e. The zero-order chi connectivity index (χ0) is 28.2. The van der Waals surface area contributed by atoms with Gasteiger partial charge in [0.2, 0.25) is 28.1 Å². The quantitative estimate of drug-likeness (QED) is 0.430. The van der Waals surface area contributed by atoms with Crippen molar-refractivity contribution in [3.05, 3.63) is 35.9 Å². The van der Waals surface area contributed by atoms with Crippen LogP contribution in [0.2, 0.25) is 0 Å². The number of hydrogen-bond acceptors (Lipinski definition) is 8. The summed E-state index contributed by atoms with van der Waals surface area (Å²) in [5.74, 6) is -2.11. The molecular formula is C26H36N4O8S. The van der Waals surface area contributed by atoms with Crippen LogP contribution < -0.4 is 10.6 Å². The number of ether oxygens (including phenoxy) is 2. The molecule has 1 aromatic rings. The average Bonchev–Trinajstić information content (AvgIpc) is 3.27. The Balaban J connectivity index is 1.62. The number of rotatable bonds is 8. The molecule has 5 atom stereocenters. The summed E-state index contributed by atoms with van der Waals surface area (Å²) < 4.78 is 37.6. The van der Waals surface area contributed by atoms with Gasteiger partial charge in [0, 0.05) is 31.3 Å². The largest absolute Gasteiger partial charge is 0.433 e. The van der Waals surface area contributed by atoms with E-state index < -0.39 is 64.2 Å². The summed E-state index contributed by atoms with van der Waals surface area (Å²) in [7, 11) is -3.66. The zero-order valence-corrected chi connectivity index (χ0v) is 23.0. The van der Waals surface area contributed by atoms with E-state index in [-0.39, 0.29) is 31.9 Å². The number of esters is 1. The molecule has 1 aromatic carbocycles. The number of hydrogen-bond donors (Lipinski definition) is 2. The van der Waals surface area contributed by atoms with Crippen LogP contribution in [0, 0.1) is 0 Å². The number of cyclic esters (lactones) is 1. The molecule has 0 aliphatic carbocycles. The SMILES string of the molecule is CCOC1OC(=O)CC1NC(=O)[C@@H]1CN(S(=O)(=O)CC)C[C@@H]2CCCC[C@H](NC(=O)c3ccccc3)C(=O)N21. The minimum absolute atomic E-state index is 0.0671. The van der Waals surface area contributed by atoms with Crippen molar-refractivity contribution in [1.29, 1.82) is 0 Å². The maximum atomic E-state index is 14.0. The van der Waals surface area contributed by atoms with E-state index in [0.29, 0.717) is 31.2 Å². The van der Waals surface area contributed by atoms with E-state index >= 15 is 0 Å². The van der Waals surface area contributed by atoms with Crippen molar-refractivity contribution >= 4 is 33.7 Å². The monoisotopic (exact) mass is 564 g/mol. The molecule has 0 bridgehead atoms. The lowest BCUT2D eigenvalue weighted by Gasteiger charge is -2.47. The van der Waals surface area contributed by atoms with Crippen LogP contribution in [0.3, 0.4) is 0 Å². The molecule has 4 rings (SSSR count). The van der Waals surface area contributed by atoms with Crippen LogP contribution in [0.1, 0.15) is 56.3 Å². The number of carbonyl (C=O) groups excluding carboxylic acids is 4. The van der Waals surface area contributed by atoms with Crippen molar-refractivity contribution in [2.24, 2.45) is 0 Å². The first-order valence-electron chi connectivity index (χ1n) is 13.4. The summed E-state index contributed by atoms with van der Waals surface area (Å²) in [4.78, 5) is 53.9. The molecule has 12 nitrogen and oxygen atoms in total. The molecule has 0 spiro atoms. The molecule has 3 heterocycles. The summed E-state index contributed by atoms with van der Waals surface area (Å²) >= 11 is 0. The number of nitrogens with zero attached hydrogens (tertiary/aromatic N) is 2. The van der Waals surface area contributed by atoms with Crippen molar-refractivity contribution in [3.63, 3.8) is 0 Å². The molecule has 3 aliphatic heterocycles. The molecule has 0 saturated carbocycles. The van der Waals surface area contributed by atoms with Crippen molar-refractivity contribution in [1.82, 2.24) is 19.8 Å².